The Kier molecular flexibility index (Phi) is 4.97. The molecule has 1 aliphatic heterocycles. The van der Waals surface area contributed by atoms with Gasteiger partial charge >= 0.3 is 0 Å². The first kappa shape index (κ1) is 14.1. The fourth-order valence-corrected chi connectivity index (χ4v) is 3.02. The maximum Gasteiger partial charge on any atom is 0.123 e. The molecule has 0 N–H and O–H groups in total. The molecule has 1 aromatic rings. The molecule has 0 radical (unpaired) electrons. The summed E-state index contributed by atoms with van der Waals surface area (Å²) in [5.74, 6) is 1.15. The van der Waals surface area contributed by atoms with Crippen molar-refractivity contribution in [1.82, 2.24) is 4.90 Å². The Bertz CT molecular complexity index is 381. The molecular weight excluding hydrogens is 238 g/mol. The third-order valence-corrected chi connectivity index (χ3v) is 3.97. The predicted molar refractivity (Wildman–Crippen MR) is 76.4 cm³/mol. The number of rotatable bonds is 5. The standard InChI is InChI=1S/C16H23NO2/c1-13-10-15(12-18)11-14(2)17(13)8-9-19-16-6-4-3-5-7-16/h3-7,12-15H,8-11H2,1-2H3. The Hall–Kier alpha value is -1.35. The van der Waals surface area contributed by atoms with Gasteiger partial charge in [0.05, 0.1) is 0 Å². The minimum absolute atomic E-state index is 0.233. The van der Waals surface area contributed by atoms with Gasteiger partial charge in [0.1, 0.15) is 18.6 Å². The maximum absolute atomic E-state index is 10.9. The number of ether oxygens (including phenoxy) is 1. The second-order valence-corrected chi connectivity index (χ2v) is 5.46. The zero-order valence-corrected chi connectivity index (χ0v) is 11.8. The highest BCUT2D eigenvalue weighted by Gasteiger charge is 2.30. The van der Waals surface area contributed by atoms with E-state index in [-0.39, 0.29) is 5.92 Å². The smallest absolute Gasteiger partial charge is 0.123 e. The number of carbonyl (C=O) groups is 1. The van der Waals surface area contributed by atoms with E-state index in [0.717, 1.165) is 31.4 Å². The average molecular weight is 261 g/mol. The summed E-state index contributed by atoms with van der Waals surface area (Å²) in [5, 5.41) is 0. The monoisotopic (exact) mass is 261 g/mol. The average Bonchev–Trinajstić information content (AvgIpc) is 2.42. The topological polar surface area (TPSA) is 29.5 Å². The van der Waals surface area contributed by atoms with E-state index >= 15 is 0 Å². The van der Waals surface area contributed by atoms with Crippen LogP contribution in [-0.2, 0) is 4.79 Å². The molecule has 1 fully saturated rings. The van der Waals surface area contributed by atoms with Gasteiger partial charge in [0.15, 0.2) is 0 Å². The van der Waals surface area contributed by atoms with Crippen LogP contribution in [0.25, 0.3) is 0 Å². The van der Waals surface area contributed by atoms with E-state index in [2.05, 4.69) is 18.7 Å². The van der Waals surface area contributed by atoms with E-state index < -0.39 is 0 Å². The minimum Gasteiger partial charge on any atom is -0.492 e. The second-order valence-electron chi connectivity index (χ2n) is 5.46. The summed E-state index contributed by atoms with van der Waals surface area (Å²) in [7, 11) is 0. The van der Waals surface area contributed by atoms with Crippen molar-refractivity contribution < 1.29 is 9.53 Å². The highest BCUT2D eigenvalue weighted by Crippen LogP contribution is 2.26. The van der Waals surface area contributed by atoms with Crippen LogP contribution in [0.2, 0.25) is 0 Å². The summed E-state index contributed by atoms with van der Waals surface area (Å²) in [4.78, 5) is 13.4. The third kappa shape index (κ3) is 3.80. The van der Waals surface area contributed by atoms with Gasteiger partial charge < -0.3 is 9.53 Å². The lowest BCUT2D eigenvalue weighted by Crippen LogP contribution is -2.48. The van der Waals surface area contributed by atoms with Crippen LogP contribution in [0.4, 0.5) is 0 Å². The number of benzene rings is 1. The normalized spacial score (nSPS) is 28.0. The van der Waals surface area contributed by atoms with Crippen molar-refractivity contribution in [2.75, 3.05) is 13.2 Å². The molecule has 2 atom stereocenters. The lowest BCUT2D eigenvalue weighted by atomic mass is 9.88. The van der Waals surface area contributed by atoms with E-state index in [1.54, 1.807) is 0 Å². The number of carbonyl (C=O) groups excluding carboxylic acids is 1. The molecule has 2 unspecified atom stereocenters. The molecular formula is C16H23NO2. The molecule has 104 valence electrons. The first-order valence-electron chi connectivity index (χ1n) is 7.09. The zero-order chi connectivity index (χ0) is 13.7. The van der Waals surface area contributed by atoms with Gasteiger partial charge in [-0.3, -0.25) is 4.90 Å². The van der Waals surface area contributed by atoms with E-state index in [9.17, 15) is 4.79 Å². The lowest BCUT2D eigenvalue weighted by Gasteiger charge is -2.41. The van der Waals surface area contributed by atoms with Crippen molar-refractivity contribution in [3.8, 4) is 5.75 Å². The molecule has 1 saturated heterocycles. The molecule has 1 aromatic carbocycles. The van der Waals surface area contributed by atoms with Crippen LogP contribution in [0.15, 0.2) is 30.3 Å². The van der Waals surface area contributed by atoms with Crippen molar-refractivity contribution in [2.45, 2.75) is 38.8 Å². The van der Waals surface area contributed by atoms with E-state index in [1.807, 2.05) is 30.3 Å². The van der Waals surface area contributed by atoms with Gasteiger partial charge in [-0.25, -0.2) is 0 Å². The second kappa shape index (κ2) is 6.71. The largest absolute Gasteiger partial charge is 0.492 e. The number of hydrogen-bond acceptors (Lipinski definition) is 3. The van der Waals surface area contributed by atoms with Crippen molar-refractivity contribution in [3.63, 3.8) is 0 Å². The van der Waals surface area contributed by atoms with Crippen LogP contribution >= 0.6 is 0 Å². The molecule has 2 rings (SSSR count). The Morgan fingerprint density at radius 3 is 2.42 bits per heavy atom. The zero-order valence-electron chi connectivity index (χ0n) is 11.8. The first-order valence-corrected chi connectivity index (χ1v) is 7.09. The van der Waals surface area contributed by atoms with Gasteiger partial charge in [-0.1, -0.05) is 18.2 Å². The van der Waals surface area contributed by atoms with Gasteiger partial charge in [0, 0.05) is 24.5 Å². The minimum atomic E-state index is 0.233. The molecule has 0 spiro atoms. The van der Waals surface area contributed by atoms with Crippen LogP contribution < -0.4 is 4.74 Å². The summed E-state index contributed by atoms with van der Waals surface area (Å²) in [6.07, 6.45) is 3.06. The molecule has 3 heteroatoms. The van der Waals surface area contributed by atoms with E-state index in [4.69, 9.17) is 4.74 Å². The molecule has 0 bridgehead atoms. The number of aldehydes is 1. The summed E-state index contributed by atoms with van der Waals surface area (Å²) in [5.41, 5.74) is 0. The van der Waals surface area contributed by atoms with Crippen molar-refractivity contribution in [3.05, 3.63) is 30.3 Å². The number of hydrogen-bond donors (Lipinski definition) is 0. The lowest BCUT2D eigenvalue weighted by molar-refractivity contribution is -0.113. The van der Waals surface area contributed by atoms with Crippen LogP contribution in [0.1, 0.15) is 26.7 Å². The van der Waals surface area contributed by atoms with Gasteiger partial charge in [-0.2, -0.15) is 0 Å². The Morgan fingerprint density at radius 1 is 1.21 bits per heavy atom. The number of piperidine rings is 1. The van der Waals surface area contributed by atoms with Crippen molar-refractivity contribution in [2.24, 2.45) is 5.92 Å². The van der Waals surface area contributed by atoms with Crippen LogP contribution in [0.5, 0.6) is 5.75 Å². The third-order valence-electron chi connectivity index (χ3n) is 3.97. The quantitative estimate of drug-likeness (QED) is 0.763. The van der Waals surface area contributed by atoms with Crippen molar-refractivity contribution >= 4 is 6.29 Å². The van der Waals surface area contributed by atoms with Gasteiger partial charge in [-0.05, 0) is 38.8 Å². The molecule has 3 nitrogen and oxygen atoms in total. The fourth-order valence-electron chi connectivity index (χ4n) is 3.02. The molecule has 0 aliphatic carbocycles. The summed E-state index contributed by atoms with van der Waals surface area (Å²) < 4.78 is 5.75. The molecule has 1 aliphatic rings. The predicted octanol–water partition coefficient (Wildman–Crippen LogP) is 2.75. The molecule has 1 heterocycles. The first-order chi connectivity index (χ1) is 9.20. The van der Waals surface area contributed by atoms with Gasteiger partial charge in [0.25, 0.3) is 0 Å². The Labute approximate surface area is 115 Å². The van der Waals surface area contributed by atoms with E-state index in [1.165, 1.54) is 0 Å². The van der Waals surface area contributed by atoms with Crippen molar-refractivity contribution in [1.29, 1.82) is 0 Å². The number of para-hydroxylation sites is 1. The molecule has 19 heavy (non-hydrogen) atoms. The van der Waals surface area contributed by atoms with Gasteiger partial charge in [0.2, 0.25) is 0 Å². The van der Waals surface area contributed by atoms with Crippen LogP contribution in [-0.4, -0.2) is 36.4 Å². The Balaban J connectivity index is 1.80. The summed E-state index contributed by atoms with van der Waals surface area (Å²) in [6, 6.07) is 10.8. The molecule has 0 amide bonds. The SMILES string of the molecule is CC1CC(C=O)CC(C)N1CCOc1ccccc1. The highest BCUT2D eigenvalue weighted by molar-refractivity contribution is 5.53. The summed E-state index contributed by atoms with van der Waals surface area (Å²) >= 11 is 0. The molecule has 0 aromatic heterocycles. The Morgan fingerprint density at radius 2 is 1.84 bits per heavy atom. The maximum atomic E-state index is 10.9. The number of nitrogens with zero attached hydrogens (tertiary/aromatic N) is 1. The van der Waals surface area contributed by atoms with Gasteiger partial charge in [-0.15, -0.1) is 0 Å². The van der Waals surface area contributed by atoms with E-state index in [0.29, 0.717) is 18.7 Å². The highest BCUT2D eigenvalue weighted by atomic mass is 16.5. The number of likely N-dealkylation sites (tertiary alicyclic amines) is 1. The summed E-state index contributed by atoms with van der Waals surface area (Å²) in [6.45, 7) is 6.02. The van der Waals surface area contributed by atoms with Crippen LogP contribution in [0.3, 0.4) is 0 Å². The fraction of sp³-hybridized carbons (Fsp3) is 0.562. The molecule has 0 saturated carbocycles. The van der Waals surface area contributed by atoms with Crippen LogP contribution in [0, 0.1) is 5.92 Å².